The van der Waals surface area contributed by atoms with Crippen LogP contribution in [0.5, 0.6) is 0 Å². The molecule has 160 valence electrons. The topological polar surface area (TPSA) is 145 Å². The van der Waals surface area contributed by atoms with Crippen molar-refractivity contribution in [1.29, 1.82) is 0 Å². The van der Waals surface area contributed by atoms with Gasteiger partial charge in [-0.25, -0.2) is 14.8 Å². The van der Waals surface area contributed by atoms with Crippen molar-refractivity contribution in [3.05, 3.63) is 42.3 Å². The fourth-order valence-electron chi connectivity index (χ4n) is 2.71. The molecule has 11 heteroatoms. The zero-order chi connectivity index (χ0) is 22.0. The number of carbonyl (C=O) groups excluding carboxylic acids is 1. The van der Waals surface area contributed by atoms with Gasteiger partial charge in [-0.2, -0.15) is 4.98 Å². The second-order valence-corrected chi connectivity index (χ2v) is 8.96. The fourth-order valence-corrected chi connectivity index (χ4v) is 3.61. The Hall–Kier alpha value is -3.60. The number of carbonyl (C=O) groups is 1. The molecule has 4 aromatic rings. The van der Waals surface area contributed by atoms with Gasteiger partial charge in [0, 0.05) is 23.9 Å². The largest absolute Gasteiger partial charge is 0.382 e. The number of anilines is 2. The van der Waals surface area contributed by atoms with E-state index in [-0.39, 0.29) is 11.4 Å². The van der Waals surface area contributed by atoms with Crippen molar-refractivity contribution in [2.75, 3.05) is 17.6 Å². The molecule has 0 aliphatic rings. The van der Waals surface area contributed by atoms with Crippen LogP contribution in [0.25, 0.3) is 21.5 Å². The lowest BCUT2D eigenvalue weighted by Crippen LogP contribution is -2.30. The van der Waals surface area contributed by atoms with Crippen molar-refractivity contribution in [3.63, 3.8) is 0 Å². The summed E-state index contributed by atoms with van der Waals surface area (Å²) >= 11 is 1.38. The van der Waals surface area contributed by atoms with Crippen LogP contribution in [0, 0.1) is 0 Å². The summed E-state index contributed by atoms with van der Waals surface area (Å²) in [5.41, 5.74) is 7.79. The Balaban J connectivity index is 1.35. The molecule has 0 spiro atoms. The van der Waals surface area contributed by atoms with E-state index in [1.165, 1.54) is 17.5 Å². The second kappa shape index (κ2) is 8.26. The van der Waals surface area contributed by atoms with Gasteiger partial charge < -0.3 is 15.6 Å². The van der Waals surface area contributed by atoms with Crippen LogP contribution in [0.1, 0.15) is 32.5 Å². The average molecular weight is 439 g/mol. The molecule has 10 nitrogen and oxygen atoms in total. The van der Waals surface area contributed by atoms with Crippen molar-refractivity contribution in [1.82, 2.24) is 30.4 Å². The van der Waals surface area contributed by atoms with Crippen molar-refractivity contribution in [2.24, 2.45) is 0 Å². The van der Waals surface area contributed by atoms with Crippen LogP contribution in [0.4, 0.5) is 15.7 Å². The summed E-state index contributed by atoms with van der Waals surface area (Å²) in [6.45, 7) is 6.38. The Kier molecular flexibility index (Phi) is 5.51. The summed E-state index contributed by atoms with van der Waals surface area (Å²) in [5.74, 6) is 1.50. The van der Waals surface area contributed by atoms with E-state index in [1.807, 2.05) is 39.0 Å². The zero-order valence-electron chi connectivity index (χ0n) is 17.3. The smallest absolute Gasteiger partial charge is 0.321 e. The SMILES string of the molecule is CC(C)(C)c1nc(CCNC(=O)Nc2nc3ccc(-c4cnc(N)cn4)cc3s2)no1. The van der Waals surface area contributed by atoms with Crippen molar-refractivity contribution in [3.8, 4) is 11.3 Å². The van der Waals surface area contributed by atoms with Crippen molar-refractivity contribution >= 4 is 38.5 Å². The molecule has 0 saturated carbocycles. The number of fused-ring (bicyclic) bond motifs is 1. The van der Waals surface area contributed by atoms with E-state index in [4.69, 9.17) is 10.3 Å². The second-order valence-electron chi connectivity index (χ2n) is 7.92. The number of hydrogen-bond acceptors (Lipinski definition) is 9. The van der Waals surface area contributed by atoms with E-state index >= 15 is 0 Å². The van der Waals surface area contributed by atoms with E-state index in [0.717, 1.165) is 15.8 Å². The minimum atomic E-state index is -0.344. The highest BCUT2D eigenvalue weighted by molar-refractivity contribution is 7.22. The van der Waals surface area contributed by atoms with Gasteiger partial charge >= 0.3 is 6.03 Å². The normalized spacial score (nSPS) is 11.6. The standard InChI is InChI=1S/C20H22N8O2S/c1-20(2,3)17-26-16(28-30-17)6-7-22-18(29)27-19-25-12-5-4-11(8-14(12)31-19)13-9-24-15(21)10-23-13/h4-5,8-10H,6-7H2,1-3H3,(H2,21,24)(H2,22,25,27,29). The molecule has 0 unspecified atom stereocenters. The van der Waals surface area contributed by atoms with E-state index in [0.29, 0.717) is 41.3 Å². The lowest BCUT2D eigenvalue weighted by Gasteiger charge is -2.10. The van der Waals surface area contributed by atoms with Crippen LogP contribution in [0.15, 0.2) is 35.1 Å². The number of nitrogen functional groups attached to an aromatic ring is 1. The van der Waals surface area contributed by atoms with Crippen molar-refractivity contribution in [2.45, 2.75) is 32.6 Å². The third kappa shape index (κ3) is 4.94. The molecule has 3 heterocycles. The predicted octanol–water partition coefficient (Wildman–Crippen LogP) is 3.38. The van der Waals surface area contributed by atoms with Crippen LogP contribution >= 0.6 is 11.3 Å². The zero-order valence-corrected chi connectivity index (χ0v) is 18.2. The maximum atomic E-state index is 12.2. The minimum Gasteiger partial charge on any atom is -0.382 e. The number of nitrogens with zero attached hydrogens (tertiary/aromatic N) is 5. The van der Waals surface area contributed by atoms with Gasteiger partial charge in [0.1, 0.15) is 5.82 Å². The molecule has 4 N–H and O–H groups in total. The third-order valence-electron chi connectivity index (χ3n) is 4.32. The number of amides is 2. The summed E-state index contributed by atoms with van der Waals surface area (Å²) in [6, 6.07) is 5.40. The van der Waals surface area contributed by atoms with Gasteiger partial charge in [0.15, 0.2) is 11.0 Å². The van der Waals surface area contributed by atoms with E-state index in [2.05, 4.69) is 35.7 Å². The fraction of sp³-hybridized carbons (Fsp3) is 0.300. The summed E-state index contributed by atoms with van der Waals surface area (Å²) in [6.07, 6.45) is 3.61. The highest BCUT2D eigenvalue weighted by atomic mass is 32.1. The van der Waals surface area contributed by atoms with Gasteiger partial charge in [-0.1, -0.05) is 43.3 Å². The van der Waals surface area contributed by atoms with Gasteiger partial charge in [-0.15, -0.1) is 0 Å². The van der Waals surface area contributed by atoms with Crippen LogP contribution in [-0.4, -0.2) is 37.7 Å². The predicted molar refractivity (Wildman–Crippen MR) is 119 cm³/mol. The number of aromatic nitrogens is 5. The molecule has 0 saturated heterocycles. The number of benzene rings is 1. The summed E-state index contributed by atoms with van der Waals surface area (Å²) in [5, 5.41) is 9.99. The number of nitrogens with one attached hydrogen (secondary N) is 2. The molecule has 2 amide bonds. The summed E-state index contributed by atoms with van der Waals surface area (Å²) in [4.78, 5) is 29.4. The van der Waals surface area contributed by atoms with Gasteiger partial charge in [0.25, 0.3) is 0 Å². The first-order valence-electron chi connectivity index (χ1n) is 9.64. The maximum Gasteiger partial charge on any atom is 0.321 e. The van der Waals surface area contributed by atoms with E-state index in [9.17, 15) is 4.79 Å². The first kappa shape index (κ1) is 20.7. The van der Waals surface area contributed by atoms with Gasteiger partial charge in [0.2, 0.25) is 5.89 Å². The molecule has 0 aliphatic heterocycles. The quantitative estimate of drug-likeness (QED) is 0.430. The van der Waals surface area contributed by atoms with Crippen LogP contribution in [-0.2, 0) is 11.8 Å². The molecule has 1 aromatic carbocycles. The van der Waals surface area contributed by atoms with E-state index in [1.54, 1.807) is 6.20 Å². The van der Waals surface area contributed by atoms with Crippen LogP contribution < -0.4 is 16.4 Å². The summed E-state index contributed by atoms with van der Waals surface area (Å²) in [7, 11) is 0. The summed E-state index contributed by atoms with van der Waals surface area (Å²) < 4.78 is 6.18. The van der Waals surface area contributed by atoms with Crippen LogP contribution in [0.3, 0.4) is 0 Å². The number of urea groups is 1. The Bertz CT molecular complexity index is 1210. The van der Waals surface area contributed by atoms with Gasteiger partial charge in [-0.3, -0.25) is 10.3 Å². The number of hydrogen-bond donors (Lipinski definition) is 3. The lowest BCUT2D eigenvalue weighted by atomic mass is 9.97. The molecule has 31 heavy (non-hydrogen) atoms. The molecule has 0 bridgehead atoms. The number of thiazole rings is 1. The Morgan fingerprint density at radius 1 is 1.19 bits per heavy atom. The monoisotopic (exact) mass is 438 g/mol. The third-order valence-corrected chi connectivity index (χ3v) is 5.25. The first-order chi connectivity index (χ1) is 14.8. The van der Waals surface area contributed by atoms with Crippen LogP contribution in [0.2, 0.25) is 0 Å². The van der Waals surface area contributed by atoms with Gasteiger partial charge in [0.05, 0.1) is 28.3 Å². The molecular weight excluding hydrogens is 416 g/mol. The van der Waals surface area contributed by atoms with E-state index < -0.39 is 0 Å². The number of nitrogens with two attached hydrogens (primary N) is 1. The molecule has 0 atom stereocenters. The molecule has 0 aliphatic carbocycles. The van der Waals surface area contributed by atoms with Crippen molar-refractivity contribution < 1.29 is 9.32 Å². The highest BCUT2D eigenvalue weighted by Gasteiger charge is 2.21. The maximum absolute atomic E-state index is 12.2. The molecular formula is C20H22N8O2S. The minimum absolute atomic E-state index is 0.205. The highest BCUT2D eigenvalue weighted by Crippen LogP contribution is 2.29. The Morgan fingerprint density at radius 3 is 2.74 bits per heavy atom. The Morgan fingerprint density at radius 2 is 2.03 bits per heavy atom. The molecule has 0 fully saturated rings. The molecule has 3 aromatic heterocycles. The molecule has 0 radical (unpaired) electrons. The van der Waals surface area contributed by atoms with Gasteiger partial charge in [-0.05, 0) is 12.1 Å². The molecule has 4 rings (SSSR count). The number of rotatable bonds is 5. The lowest BCUT2D eigenvalue weighted by molar-refractivity contribution is 0.252. The average Bonchev–Trinajstić information content (AvgIpc) is 3.34. The first-order valence-corrected chi connectivity index (χ1v) is 10.5. The Labute approximate surface area is 182 Å².